The zero-order valence-corrected chi connectivity index (χ0v) is 20.6. The van der Waals surface area contributed by atoms with Crippen LogP contribution in [0.4, 0.5) is 0 Å². The van der Waals surface area contributed by atoms with E-state index in [0.717, 1.165) is 47.6 Å². The summed E-state index contributed by atoms with van der Waals surface area (Å²) < 4.78 is 8.13. The van der Waals surface area contributed by atoms with Crippen LogP contribution in [0.1, 0.15) is 45.0 Å². The molecule has 0 amide bonds. The third-order valence-electron chi connectivity index (χ3n) is 5.81. The molecule has 2 aromatic carbocycles. The van der Waals surface area contributed by atoms with Gasteiger partial charge >= 0.3 is 0 Å². The Bertz CT molecular complexity index is 1030. The lowest BCUT2D eigenvalue weighted by Crippen LogP contribution is -2.22. The Morgan fingerprint density at radius 2 is 1.70 bits per heavy atom. The fourth-order valence-corrected chi connectivity index (χ4v) is 4.97. The molecule has 0 unspecified atom stereocenters. The highest BCUT2D eigenvalue weighted by Gasteiger charge is 2.21. The van der Waals surface area contributed by atoms with E-state index in [1.165, 1.54) is 24.6 Å². The molecule has 3 aromatic rings. The van der Waals surface area contributed by atoms with Crippen LogP contribution in [0.15, 0.2) is 59.8 Å². The predicted octanol–water partition coefficient (Wildman–Crippen LogP) is 4.69. The third kappa shape index (κ3) is 6.16. The molecule has 1 aromatic heterocycles. The van der Waals surface area contributed by atoms with E-state index in [2.05, 4.69) is 58.6 Å². The van der Waals surface area contributed by atoms with Gasteiger partial charge in [-0.1, -0.05) is 68.9 Å². The largest absolute Gasteiger partial charge is 0.491 e. The molecule has 176 valence electrons. The number of hydrogen-bond acceptors (Lipinski definition) is 6. The number of benzene rings is 2. The van der Waals surface area contributed by atoms with Gasteiger partial charge in [0.1, 0.15) is 12.4 Å². The van der Waals surface area contributed by atoms with Gasteiger partial charge in [0.05, 0.1) is 12.6 Å². The minimum absolute atomic E-state index is 0.0197. The molecule has 0 aliphatic carbocycles. The third-order valence-corrected chi connectivity index (χ3v) is 6.88. The molecule has 1 saturated heterocycles. The van der Waals surface area contributed by atoms with Gasteiger partial charge in [-0.05, 0) is 55.1 Å². The van der Waals surface area contributed by atoms with Crippen LogP contribution >= 0.6 is 11.8 Å². The number of rotatable bonds is 9. The van der Waals surface area contributed by atoms with E-state index in [9.17, 15) is 5.11 Å². The van der Waals surface area contributed by atoms with Gasteiger partial charge in [0.15, 0.2) is 11.0 Å². The minimum Gasteiger partial charge on any atom is -0.491 e. The molecule has 1 N–H and O–H groups in total. The first-order chi connectivity index (χ1) is 15.9. The monoisotopic (exact) mass is 466 g/mol. The number of nitrogens with zero attached hydrogens (tertiary/aromatic N) is 4. The second-order valence-corrected chi connectivity index (χ2v) is 10.6. The van der Waals surface area contributed by atoms with Gasteiger partial charge in [-0.3, -0.25) is 9.47 Å². The molecule has 0 bridgehead atoms. The maximum atomic E-state index is 10.7. The van der Waals surface area contributed by atoms with E-state index >= 15 is 0 Å². The molecule has 4 rings (SSSR count). The van der Waals surface area contributed by atoms with Crippen LogP contribution < -0.4 is 4.74 Å². The van der Waals surface area contributed by atoms with Crippen molar-refractivity contribution in [2.45, 2.75) is 56.8 Å². The SMILES string of the molecule is CC(C)(C)c1ccccc1OC[C@@H](O)CSc1nnc(CN2CCCC2)n1-c1ccccc1. The number of para-hydroxylation sites is 2. The number of aromatic nitrogens is 3. The fourth-order valence-electron chi connectivity index (χ4n) is 4.09. The summed E-state index contributed by atoms with van der Waals surface area (Å²) in [6.07, 6.45) is 1.86. The van der Waals surface area contributed by atoms with Crippen LogP contribution in [0, 0.1) is 0 Å². The molecule has 2 heterocycles. The number of likely N-dealkylation sites (tertiary alicyclic amines) is 1. The lowest BCUT2D eigenvalue weighted by atomic mass is 9.86. The van der Waals surface area contributed by atoms with Gasteiger partial charge in [-0.15, -0.1) is 10.2 Å². The first kappa shape index (κ1) is 23.8. The highest BCUT2D eigenvalue weighted by molar-refractivity contribution is 7.99. The second-order valence-electron chi connectivity index (χ2n) is 9.58. The van der Waals surface area contributed by atoms with E-state index in [0.29, 0.717) is 5.75 Å². The van der Waals surface area contributed by atoms with Crippen molar-refractivity contribution in [3.05, 3.63) is 66.0 Å². The van der Waals surface area contributed by atoms with Crippen LogP contribution in [-0.4, -0.2) is 56.3 Å². The first-order valence-electron chi connectivity index (χ1n) is 11.7. The molecule has 1 aliphatic heterocycles. The van der Waals surface area contributed by atoms with Gasteiger partial charge in [0, 0.05) is 11.4 Å². The Hall–Kier alpha value is -2.35. The van der Waals surface area contributed by atoms with Crippen molar-refractivity contribution in [3.63, 3.8) is 0 Å². The Kier molecular flexibility index (Phi) is 7.73. The summed E-state index contributed by atoms with van der Waals surface area (Å²) in [6.45, 7) is 9.73. The molecule has 1 atom stereocenters. The summed E-state index contributed by atoms with van der Waals surface area (Å²) >= 11 is 1.51. The standard InChI is InChI=1S/C26H34N4O2S/c1-26(2,3)22-13-7-8-14-23(22)32-18-21(31)19-33-25-28-27-24(17-29-15-9-10-16-29)30(25)20-11-5-4-6-12-20/h4-8,11-14,21,31H,9-10,15-19H2,1-3H3/t21-/m1/s1. The summed E-state index contributed by atoms with van der Waals surface area (Å²) in [5.74, 6) is 2.25. The molecular weight excluding hydrogens is 432 g/mol. The van der Waals surface area contributed by atoms with Crippen molar-refractivity contribution in [1.29, 1.82) is 0 Å². The summed E-state index contributed by atoms with van der Waals surface area (Å²) in [4.78, 5) is 2.42. The molecule has 0 saturated carbocycles. The van der Waals surface area contributed by atoms with Crippen molar-refractivity contribution in [3.8, 4) is 11.4 Å². The smallest absolute Gasteiger partial charge is 0.195 e. The Balaban J connectivity index is 1.42. The van der Waals surface area contributed by atoms with Gasteiger partial charge in [-0.2, -0.15) is 0 Å². The molecule has 0 spiro atoms. The van der Waals surface area contributed by atoms with Crippen LogP contribution in [0.5, 0.6) is 5.75 Å². The Labute approximate surface area is 201 Å². The maximum absolute atomic E-state index is 10.7. The molecule has 7 heteroatoms. The average Bonchev–Trinajstić information content (AvgIpc) is 3.46. The molecule has 33 heavy (non-hydrogen) atoms. The van der Waals surface area contributed by atoms with Gasteiger partial charge in [0.25, 0.3) is 0 Å². The number of hydrogen-bond donors (Lipinski definition) is 1. The predicted molar refractivity (Wildman–Crippen MR) is 133 cm³/mol. The summed E-state index contributed by atoms with van der Waals surface area (Å²) in [5.41, 5.74) is 2.16. The zero-order valence-electron chi connectivity index (χ0n) is 19.8. The van der Waals surface area contributed by atoms with E-state index in [1.54, 1.807) is 0 Å². The van der Waals surface area contributed by atoms with Crippen LogP contribution in [0.25, 0.3) is 5.69 Å². The molecule has 6 nitrogen and oxygen atoms in total. The van der Waals surface area contributed by atoms with Crippen molar-refractivity contribution in [2.75, 3.05) is 25.4 Å². The molecule has 1 aliphatic rings. The van der Waals surface area contributed by atoms with Crippen molar-refractivity contribution in [2.24, 2.45) is 0 Å². The normalized spacial score (nSPS) is 15.6. The lowest BCUT2D eigenvalue weighted by Gasteiger charge is -2.23. The summed E-state index contributed by atoms with van der Waals surface area (Å²) in [7, 11) is 0. The van der Waals surface area contributed by atoms with E-state index < -0.39 is 6.10 Å². The van der Waals surface area contributed by atoms with E-state index in [4.69, 9.17) is 4.74 Å². The number of aliphatic hydroxyl groups excluding tert-OH is 1. The van der Waals surface area contributed by atoms with Gasteiger partial charge < -0.3 is 9.84 Å². The van der Waals surface area contributed by atoms with Gasteiger partial charge in [-0.25, -0.2) is 0 Å². The van der Waals surface area contributed by atoms with Crippen LogP contribution in [-0.2, 0) is 12.0 Å². The van der Waals surface area contributed by atoms with E-state index in [-0.39, 0.29) is 12.0 Å². The van der Waals surface area contributed by atoms with Gasteiger partial charge in [0.2, 0.25) is 0 Å². The summed E-state index contributed by atoms with van der Waals surface area (Å²) in [6, 6.07) is 18.3. The average molecular weight is 467 g/mol. The van der Waals surface area contributed by atoms with Crippen LogP contribution in [0.2, 0.25) is 0 Å². The molecule has 0 radical (unpaired) electrons. The lowest BCUT2D eigenvalue weighted by molar-refractivity contribution is 0.125. The maximum Gasteiger partial charge on any atom is 0.195 e. The molecular formula is C26H34N4O2S. The Morgan fingerprint density at radius 3 is 2.42 bits per heavy atom. The Morgan fingerprint density at radius 1 is 1.00 bits per heavy atom. The highest BCUT2D eigenvalue weighted by atomic mass is 32.2. The fraction of sp³-hybridized carbons (Fsp3) is 0.462. The first-order valence-corrected chi connectivity index (χ1v) is 12.7. The quantitative estimate of drug-likeness (QED) is 0.462. The minimum atomic E-state index is -0.619. The van der Waals surface area contributed by atoms with E-state index in [1.807, 2.05) is 36.4 Å². The summed E-state index contributed by atoms with van der Waals surface area (Å²) in [5, 5.41) is 20.4. The van der Waals surface area contributed by atoms with Crippen molar-refractivity contribution in [1.82, 2.24) is 19.7 Å². The van der Waals surface area contributed by atoms with Crippen molar-refractivity contribution >= 4 is 11.8 Å². The second kappa shape index (κ2) is 10.7. The molecule has 1 fully saturated rings. The number of thioether (sulfide) groups is 1. The van der Waals surface area contributed by atoms with Crippen molar-refractivity contribution < 1.29 is 9.84 Å². The number of ether oxygens (including phenoxy) is 1. The highest BCUT2D eigenvalue weighted by Crippen LogP contribution is 2.31. The van der Waals surface area contributed by atoms with Crippen LogP contribution in [0.3, 0.4) is 0 Å². The number of aliphatic hydroxyl groups is 1. The zero-order chi connectivity index (χ0) is 23.3. The topological polar surface area (TPSA) is 63.4 Å².